The second-order valence-corrected chi connectivity index (χ2v) is 8.87. The number of hydrogen-bond donors (Lipinski definition) is 0. The summed E-state index contributed by atoms with van der Waals surface area (Å²) in [5, 5.41) is 0.669. The fourth-order valence-corrected chi connectivity index (χ4v) is 4.47. The average Bonchev–Trinajstić information content (AvgIpc) is 3.26. The van der Waals surface area contributed by atoms with Gasteiger partial charge in [0.05, 0.1) is 11.8 Å². The number of para-hydroxylation sites is 2. The number of carbonyl (C=O) groups is 1. The number of benzene rings is 3. The number of ether oxygens (including phenoxy) is 2. The molecule has 0 aliphatic heterocycles. The molecule has 0 saturated heterocycles. The van der Waals surface area contributed by atoms with Gasteiger partial charge in [-0.25, -0.2) is 4.98 Å². The van der Waals surface area contributed by atoms with E-state index in [1.165, 1.54) is 11.3 Å². The van der Waals surface area contributed by atoms with Crippen LogP contribution in [0.3, 0.4) is 0 Å². The Morgan fingerprint density at radius 2 is 1.62 bits per heavy atom. The van der Waals surface area contributed by atoms with Gasteiger partial charge in [0.25, 0.3) is 5.91 Å². The predicted molar refractivity (Wildman–Crippen MR) is 141 cm³/mol. The number of fused-ring (bicyclic) bond motifs is 1. The van der Waals surface area contributed by atoms with Crippen LogP contribution in [0, 0.1) is 0 Å². The minimum atomic E-state index is -0.0851. The number of aromatic nitrogens is 1. The largest absolute Gasteiger partial charge is 0.494 e. The highest BCUT2D eigenvalue weighted by Crippen LogP contribution is 2.35. The number of thiazole rings is 1. The Bertz CT molecular complexity index is 1210. The van der Waals surface area contributed by atoms with Gasteiger partial charge < -0.3 is 14.4 Å². The number of rotatable bonds is 9. The van der Waals surface area contributed by atoms with E-state index < -0.39 is 0 Å². The zero-order valence-electron chi connectivity index (χ0n) is 19.4. The van der Waals surface area contributed by atoms with E-state index in [0.717, 1.165) is 28.9 Å². The highest BCUT2D eigenvalue weighted by molar-refractivity contribution is 7.22. The smallest absolute Gasteiger partial charge is 0.260 e. The Kier molecular flexibility index (Phi) is 8.87. The van der Waals surface area contributed by atoms with E-state index in [9.17, 15) is 4.79 Å². The summed E-state index contributed by atoms with van der Waals surface area (Å²) >= 11 is 1.50. The van der Waals surface area contributed by atoms with E-state index in [1.807, 2.05) is 74.8 Å². The predicted octanol–water partition coefficient (Wildman–Crippen LogP) is 6.12. The number of methoxy groups -OCH3 is 1. The zero-order chi connectivity index (χ0) is 23.2. The van der Waals surface area contributed by atoms with E-state index in [-0.39, 0.29) is 18.3 Å². The maximum Gasteiger partial charge on any atom is 0.260 e. The van der Waals surface area contributed by atoms with Crippen molar-refractivity contribution in [1.29, 1.82) is 0 Å². The van der Waals surface area contributed by atoms with Gasteiger partial charge in [-0.05, 0) is 75.6 Å². The number of halogens is 1. The molecule has 0 unspecified atom stereocenters. The molecule has 4 rings (SSSR count). The third-order valence-electron chi connectivity index (χ3n) is 5.13. The van der Waals surface area contributed by atoms with Crippen LogP contribution in [0.2, 0.25) is 0 Å². The molecule has 3 aromatic carbocycles. The Labute approximate surface area is 210 Å². The summed E-state index contributed by atoms with van der Waals surface area (Å²) in [5.41, 5.74) is 1.36. The van der Waals surface area contributed by atoms with Crippen molar-refractivity contribution in [2.45, 2.75) is 6.42 Å². The molecule has 0 N–H and O–H groups in total. The van der Waals surface area contributed by atoms with Crippen LogP contribution < -0.4 is 14.4 Å². The van der Waals surface area contributed by atoms with Crippen LogP contribution in [-0.4, -0.2) is 50.1 Å². The average molecular weight is 498 g/mol. The quantitative estimate of drug-likeness (QED) is 0.279. The van der Waals surface area contributed by atoms with Crippen LogP contribution in [0.1, 0.15) is 16.8 Å². The van der Waals surface area contributed by atoms with Gasteiger partial charge in [0.15, 0.2) is 5.13 Å². The SMILES string of the molecule is COc1cccc2sc(N(CCCN(C)C)C(=O)c3ccc(Oc4ccccc4)cc3)nc12.Cl. The zero-order valence-corrected chi connectivity index (χ0v) is 21.1. The standard InChI is InChI=1S/C26H27N3O3S.ClH/c1-28(2)17-8-18-29(26-27-24-22(31-3)11-7-12-23(24)33-26)25(30)19-13-15-21(16-14-19)32-20-9-5-4-6-10-20;/h4-7,9-16H,8,17-18H2,1-3H3;1H. The fourth-order valence-electron chi connectivity index (χ4n) is 3.47. The first-order valence-corrected chi connectivity index (χ1v) is 11.6. The van der Waals surface area contributed by atoms with Gasteiger partial charge in [-0.3, -0.25) is 9.69 Å². The molecule has 0 bridgehead atoms. The van der Waals surface area contributed by atoms with Crippen LogP contribution in [-0.2, 0) is 0 Å². The minimum Gasteiger partial charge on any atom is -0.494 e. The van der Waals surface area contributed by atoms with E-state index in [4.69, 9.17) is 14.5 Å². The summed E-state index contributed by atoms with van der Waals surface area (Å²) in [7, 11) is 5.69. The van der Waals surface area contributed by atoms with Crippen molar-refractivity contribution < 1.29 is 14.3 Å². The number of amides is 1. The lowest BCUT2D eigenvalue weighted by atomic mass is 10.2. The second kappa shape index (κ2) is 11.8. The molecule has 1 heterocycles. The van der Waals surface area contributed by atoms with Crippen LogP contribution in [0.5, 0.6) is 17.2 Å². The summed E-state index contributed by atoms with van der Waals surface area (Å²) in [6, 6.07) is 22.6. The first-order chi connectivity index (χ1) is 16.0. The van der Waals surface area contributed by atoms with Crippen molar-refractivity contribution in [3.05, 3.63) is 78.4 Å². The number of hydrogen-bond acceptors (Lipinski definition) is 6. The van der Waals surface area contributed by atoms with E-state index in [0.29, 0.717) is 28.7 Å². The molecule has 6 nitrogen and oxygen atoms in total. The molecular weight excluding hydrogens is 470 g/mol. The first-order valence-electron chi connectivity index (χ1n) is 10.8. The fraction of sp³-hybridized carbons (Fsp3) is 0.231. The molecule has 0 aliphatic rings. The summed E-state index contributed by atoms with van der Waals surface area (Å²) in [6.45, 7) is 1.45. The lowest BCUT2D eigenvalue weighted by molar-refractivity contribution is 0.0986. The first kappa shape index (κ1) is 25.5. The second-order valence-electron chi connectivity index (χ2n) is 7.86. The van der Waals surface area contributed by atoms with Crippen LogP contribution in [0.25, 0.3) is 10.2 Å². The molecule has 0 saturated carbocycles. The van der Waals surface area contributed by atoms with E-state index in [2.05, 4.69) is 4.90 Å². The van der Waals surface area contributed by atoms with Crippen molar-refractivity contribution in [3.63, 3.8) is 0 Å². The highest BCUT2D eigenvalue weighted by Gasteiger charge is 2.22. The van der Waals surface area contributed by atoms with Gasteiger partial charge in [0, 0.05) is 12.1 Å². The normalized spacial score (nSPS) is 10.7. The van der Waals surface area contributed by atoms with E-state index in [1.54, 1.807) is 24.1 Å². The van der Waals surface area contributed by atoms with Crippen LogP contribution in [0.15, 0.2) is 72.8 Å². The molecule has 0 radical (unpaired) electrons. The molecule has 0 atom stereocenters. The summed E-state index contributed by atoms with van der Waals surface area (Å²) < 4.78 is 12.3. The number of anilines is 1. The molecule has 0 aliphatic carbocycles. The third-order valence-corrected chi connectivity index (χ3v) is 6.18. The molecule has 178 valence electrons. The van der Waals surface area contributed by atoms with Gasteiger partial charge in [0.1, 0.15) is 22.8 Å². The third kappa shape index (κ3) is 6.05. The molecule has 4 aromatic rings. The van der Waals surface area contributed by atoms with Crippen molar-refractivity contribution in [1.82, 2.24) is 9.88 Å². The van der Waals surface area contributed by atoms with Crippen molar-refractivity contribution in [2.24, 2.45) is 0 Å². The summed E-state index contributed by atoms with van der Waals surface area (Å²) in [5.74, 6) is 2.06. The monoisotopic (exact) mass is 497 g/mol. The summed E-state index contributed by atoms with van der Waals surface area (Å²) in [6.07, 6.45) is 0.834. The molecular formula is C26H28ClN3O3S. The lowest BCUT2D eigenvalue weighted by Crippen LogP contribution is -2.33. The van der Waals surface area contributed by atoms with Gasteiger partial charge in [-0.1, -0.05) is 35.6 Å². The van der Waals surface area contributed by atoms with Crippen LogP contribution in [0.4, 0.5) is 5.13 Å². The maximum absolute atomic E-state index is 13.5. The molecule has 1 amide bonds. The molecule has 0 spiro atoms. The number of nitrogens with zero attached hydrogens (tertiary/aromatic N) is 3. The Balaban J connectivity index is 0.00000324. The molecule has 0 fully saturated rings. The van der Waals surface area contributed by atoms with Crippen molar-refractivity contribution in [2.75, 3.05) is 39.2 Å². The summed E-state index contributed by atoms with van der Waals surface area (Å²) in [4.78, 5) is 22.2. The Morgan fingerprint density at radius 3 is 2.29 bits per heavy atom. The number of carbonyl (C=O) groups excluding carboxylic acids is 1. The molecule has 8 heteroatoms. The van der Waals surface area contributed by atoms with E-state index >= 15 is 0 Å². The highest BCUT2D eigenvalue weighted by atomic mass is 35.5. The van der Waals surface area contributed by atoms with Crippen LogP contribution >= 0.6 is 23.7 Å². The molecule has 1 aromatic heterocycles. The van der Waals surface area contributed by atoms with Gasteiger partial charge in [-0.2, -0.15) is 0 Å². The molecule has 34 heavy (non-hydrogen) atoms. The topological polar surface area (TPSA) is 54.9 Å². The van der Waals surface area contributed by atoms with Gasteiger partial charge in [-0.15, -0.1) is 12.4 Å². The Morgan fingerprint density at radius 1 is 0.912 bits per heavy atom. The van der Waals surface area contributed by atoms with Gasteiger partial charge in [0.2, 0.25) is 0 Å². The Hall–Kier alpha value is -3.13. The lowest BCUT2D eigenvalue weighted by Gasteiger charge is -2.21. The maximum atomic E-state index is 13.5. The minimum absolute atomic E-state index is 0. The van der Waals surface area contributed by atoms with Crippen molar-refractivity contribution in [3.8, 4) is 17.2 Å². The van der Waals surface area contributed by atoms with Gasteiger partial charge >= 0.3 is 0 Å². The van der Waals surface area contributed by atoms with Crippen molar-refractivity contribution >= 4 is 45.0 Å².